The van der Waals surface area contributed by atoms with Crippen molar-refractivity contribution in [1.29, 1.82) is 0 Å². The summed E-state index contributed by atoms with van der Waals surface area (Å²) < 4.78 is 44.5. The quantitative estimate of drug-likeness (QED) is 0.122. The molecule has 19 heteroatoms. The Labute approximate surface area is 349 Å². The number of nitrogens with zero attached hydrogens (tertiary/aromatic N) is 2. The van der Waals surface area contributed by atoms with Gasteiger partial charge in [-0.25, -0.2) is 31.6 Å². The number of H-pyrrole nitrogens is 2. The Morgan fingerprint density at radius 2 is 1.24 bits per heavy atom. The van der Waals surface area contributed by atoms with Crippen LogP contribution in [0.4, 0.5) is 10.3 Å². The monoisotopic (exact) mass is 878 g/mol. The van der Waals surface area contributed by atoms with E-state index in [9.17, 15) is 31.5 Å². The summed E-state index contributed by atoms with van der Waals surface area (Å²) in [7, 11) is -5.76. The summed E-state index contributed by atoms with van der Waals surface area (Å²) in [4.78, 5) is 42.2. The van der Waals surface area contributed by atoms with Crippen molar-refractivity contribution in [2.45, 2.75) is 76.3 Å². The Balaban J connectivity index is 0.000000142. The lowest BCUT2D eigenvalue weighted by molar-refractivity contribution is 0.0696. The summed E-state index contributed by atoms with van der Waals surface area (Å²) >= 11 is 3.05. The Morgan fingerprint density at radius 3 is 1.66 bits per heavy atom. The molecule has 0 radical (unpaired) electrons. The number of nitrogen functional groups attached to an aromatic ring is 2. The number of carboxylic acids is 1. The average Bonchev–Trinajstić information content (AvgIpc) is 3.98. The number of nitrogens with one attached hydrogen (secondary N) is 3. The third-order valence-corrected chi connectivity index (χ3v) is 16.7. The number of hydrogen-bond acceptors (Lipinski definition) is 13. The van der Waals surface area contributed by atoms with Crippen LogP contribution in [0.1, 0.15) is 82.1 Å². The fourth-order valence-corrected chi connectivity index (χ4v) is 14.2. The lowest BCUT2D eigenvalue weighted by Gasteiger charge is -2.29. The third-order valence-electron chi connectivity index (χ3n) is 11.4. The zero-order valence-corrected chi connectivity index (χ0v) is 36.2. The molecule has 2 unspecified atom stereocenters. The number of carbonyl (C=O) groups is 2. The molecular weight excluding hydrogens is 833 g/mol. The number of carbonyl (C=O) groups excluding carboxylic acids is 1. The highest BCUT2D eigenvalue weighted by atomic mass is 32.2. The standard InChI is InChI=1S/C20H22N4O3S2.C16H15N3O2S.C4H9NO2S/c1-20(2)8-14-16(24-19(21)28-14)17-15(20)12-7-10(3-4-13(12)23-17)18(25)22-11-5-6-29(26,27)9-11;1-16(2)6-10-12(19-15(17)22-10)13-11(16)8-5-7(14(20)21)3-4-9(8)18-13;5-4-1-2-8(6,7)3-4/h3-4,7,11,23H,5-6,8-9H2,1-2H3,(H2,21,24)(H,22,25);3-5,18H,6H2,1-2H3,(H2,17,19)(H,20,21);4H,1-3,5H2. The Bertz CT molecular complexity index is 2920. The van der Waals surface area contributed by atoms with E-state index in [0.717, 1.165) is 68.6 Å². The van der Waals surface area contributed by atoms with Gasteiger partial charge in [-0.2, -0.15) is 0 Å². The maximum atomic E-state index is 12.8. The molecule has 2 aromatic carbocycles. The van der Waals surface area contributed by atoms with E-state index in [0.29, 0.717) is 34.2 Å². The average molecular weight is 879 g/mol. The van der Waals surface area contributed by atoms with Crippen LogP contribution in [0.2, 0.25) is 0 Å². The number of nitrogens with two attached hydrogens (primary N) is 3. The maximum absolute atomic E-state index is 12.8. The Kier molecular flexibility index (Phi) is 10.0. The predicted molar refractivity (Wildman–Crippen MR) is 234 cm³/mol. The van der Waals surface area contributed by atoms with Gasteiger partial charge in [-0.3, -0.25) is 4.79 Å². The lowest BCUT2D eigenvalue weighted by atomic mass is 9.75. The molecule has 0 saturated carbocycles. The second kappa shape index (κ2) is 14.4. The molecule has 15 nitrogen and oxygen atoms in total. The summed E-state index contributed by atoms with van der Waals surface area (Å²) in [6, 6.07) is 10.3. The van der Waals surface area contributed by atoms with E-state index < -0.39 is 25.6 Å². The van der Waals surface area contributed by atoms with Crippen molar-refractivity contribution in [3.8, 4) is 22.8 Å². The van der Waals surface area contributed by atoms with Crippen LogP contribution in [0.5, 0.6) is 0 Å². The third kappa shape index (κ3) is 7.85. The first kappa shape index (κ1) is 40.9. The van der Waals surface area contributed by atoms with Crippen LogP contribution in [-0.4, -0.2) is 88.8 Å². The van der Waals surface area contributed by atoms with Crippen LogP contribution in [0.25, 0.3) is 44.6 Å². The van der Waals surface area contributed by atoms with Gasteiger partial charge >= 0.3 is 5.97 Å². The topological polar surface area (TPSA) is 270 Å². The molecule has 2 saturated heterocycles. The van der Waals surface area contributed by atoms with Gasteiger partial charge in [0.2, 0.25) is 0 Å². The van der Waals surface area contributed by atoms with E-state index in [4.69, 9.17) is 17.2 Å². The molecule has 10 N–H and O–H groups in total. The van der Waals surface area contributed by atoms with Crippen molar-refractivity contribution in [1.82, 2.24) is 25.3 Å². The molecule has 4 aromatic heterocycles. The number of hydrogen-bond donors (Lipinski definition) is 7. The number of benzene rings is 2. The van der Waals surface area contributed by atoms with E-state index in [1.165, 1.54) is 32.4 Å². The van der Waals surface area contributed by atoms with Crippen LogP contribution in [0.15, 0.2) is 36.4 Å². The van der Waals surface area contributed by atoms with Crippen LogP contribution in [0, 0.1) is 0 Å². The van der Waals surface area contributed by atoms with Crippen molar-refractivity contribution in [3.63, 3.8) is 0 Å². The van der Waals surface area contributed by atoms with E-state index in [2.05, 4.69) is 52.9 Å². The van der Waals surface area contributed by atoms with E-state index in [-0.39, 0.29) is 51.8 Å². The van der Waals surface area contributed by atoms with E-state index in [1.54, 1.807) is 18.2 Å². The number of aromatic carboxylic acids is 1. The number of sulfone groups is 2. The molecule has 0 bridgehead atoms. The van der Waals surface area contributed by atoms with E-state index >= 15 is 0 Å². The molecule has 2 aliphatic heterocycles. The first-order valence-electron chi connectivity index (χ1n) is 19.1. The molecule has 59 heavy (non-hydrogen) atoms. The minimum Gasteiger partial charge on any atom is -0.478 e. The molecule has 4 aliphatic rings. The second-order valence-electron chi connectivity index (χ2n) is 17.1. The number of aromatic nitrogens is 4. The van der Waals surface area contributed by atoms with Gasteiger partial charge in [0.25, 0.3) is 5.91 Å². The summed E-state index contributed by atoms with van der Waals surface area (Å²) in [5, 5.41) is 15.2. The zero-order chi connectivity index (χ0) is 42.4. The fourth-order valence-electron chi connectivity index (χ4n) is 8.77. The van der Waals surface area contributed by atoms with Crippen LogP contribution >= 0.6 is 22.7 Å². The highest BCUT2D eigenvalue weighted by Crippen LogP contribution is 2.49. The van der Waals surface area contributed by atoms with Gasteiger partial charge < -0.3 is 37.6 Å². The zero-order valence-electron chi connectivity index (χ0n) is 32.9. The summed E-state index contributed by atoms with van der Waals surface area (Å²) in [5.74, 6) is -0.529. The Hall–Kier alpha value is -4.82. The molecule has 1 amide bonds. The van der Waals surface area contributed by atoms with Crippen molar-refractivity contribution in [3.05, 3.63) is 68.4 Å². The molecule has 2 atom stereocenters. The molecule has 6 aromatic rings. The normalized spacial score (nSPS) is 21.2. The largest absolute Gasteiger partial charge is 0.478 e. The molecule has 0 spiro atoms. The van der Waals surface area contributed by atoms with Gasteiger partial charge in [-0.05, 0) is 84.0 Å². The van der Waals surface area contributed by atoms with E-state index in [1.807, 2.05) is 18.2 Å². The maximum Gasteiger partial charge on any atom is 0.335 e. The lowest BCUT2D eigenvalue weighted by Crippen LogP contribution is -2.35. The van der Waals surface area contributed by atoms with Gasteiger partial charge in [0.15, 0.2) is 29.9 Å². The molecule has 10 rings (SSSR count). The highest BCUT2D eigenvalue weighted by Gasteiger charge is 2.38. The number of anilines is 2. The van der Waals surface area contributed by atoms with Crippen LogP contribution in [0.3, 0.4) is 0 Å². The molecule has 2 fully saturated rings. The minimum atomic E-state index is -3.04. The van der Waals surface area contributed by atoms with Crippen molar-refractivity contribution >= 4 is 86.3 Å². The van der Waals surface area contributed by atoms with Gasteiger partial charge in [0.05, 0.1) is 40.0 Å². The molecular formula is C40H46N8O7S4. The second-order valence-corrected chi connectivity index (χ2v) is 23.8. The summed E-state index contributed by atoms with van der Waals surface area (Å²) in [6.07, 6.45) is 2.81. The van der Waals surface area contributed by atoms with Crippen LogP contribution in [-0.2, 0) is 43.3 Å². The van der Waals surface area contributed by atoms with Crippen LogP contribution < -0.4 is 22.5 Å². The first-order valence-corrected chi connectivity index (χ1v) is 24.4. The highest BCUT2D eigenvalue weighted by molar-refractivity contribution is 7.91. The molecule has 312 valence electrons. The summed E-state index contributed by atoms with van der Waals surface area (Å²) in [6.45, 7) is 8.72. The SMILES string of the molecule is CC1(C)Cc2sc(N)nc2-c2[nH]c3ccc(C(=O)NC4CCS(=O)(=O)C4)cc3c21.CC1(C)Cc2sc(N)nc2-c2[nH]c3ccc(C(=O)O)cc3c21.NC1CCS(=O)(=O)C1. The number of amides is 1. The van der Waals surface area contributed by atoms with Gasteiger partial charge in [-0.15, -0.1) is 22.7 Å². The number of fused-ring (bicyclic) bond motifs is 10. The van der Waals surface area contributed by atoms with Crippen molar-refractivity contribution < 1.29 is 31.5 Å². The predicted octanol–water partition coefficient (Wildman–Crippen LogP) is 5.16. The minimum absolute atomic E-state index is 0.0155. The number of aromatic amines is 2. The summed E-state index contributed by atoms with van der Waals surface area (Å²) in [5.41, 5.74) is 25.7. The van der Waals surface area contributed by atoms with Crippen molar-refractivity contribution in [2.75, 3.05) is 34.5 Å². The Morgan fingerprint density at radius 1 is 0.763 bits per heavy atom. The van der Waals surface area contributed by atoms with Gasteiger partial charge in [0.1, 0.15) is 11.4 Å². The molecule has 2 aliphatic carbocycles. The van der Waals surface area contributed by atoms with Gasteiger partial charge in [-0.1, -0.05) is 27.7 Å². The number of rotatable bonds is 3. The fraction of sp³-hybridized carbons (Fsp3) is 0.400. The smallest absolute Gasteiger partial charge is 0.335 e. The van der Waals surface area contributed by atoms with Crippen molar-refractivity contribution in [2.24, 2.45) is 5.73 Å². The number of thiazole rings is 2. The van der Waals surface area contributed by atoms with Gasteiger partial charge in [0, 0.05) is 49.2 Å². The molecule has 6 heterocycles. The number of carboxylic acid groups (broad SMARTS) is 1. The first-order chi connectivity index (χ1) is 27.6.